The topological polar surface area (TPSA) is 263 Å². The Morgan fingerprint density at radius 3 is 1.89 bits per heavy atom. The maximum atomic E-state index is 12.0. The number of hydrogen-bond acceptors (Lipinski definition) is 8. The van der Waals surface area contributed by atoms with E-state index in [0.717, 1.165) is 0 Å². The van der Waals surface area contributed by atoms with Gasteiger partial charge in [-0.1, -0.05) is 0 Å². The van der Waals surface area contributed by atoms with E-state index in [1.54, 1.807) is 0 Å². The Hall–Kier alpha value is -3.46. The van der Waals surface area contributed by atoms with Gasteiger partial charge >= 0.3 is 18.0 Å². The third-order valence-corrected chi connectivity index (χ3v) is 3.12. The molecule has 28 heavy (non-hydrogen) atoms. The van der Waals surface area contributed by atoms with Crippen molar-refractivity contribution >= 4 is 35.7 Å². The third kappa shape index (κ3) is 9.88. The van der Waals surface area contributed by atoms with Gasteiger partial charge < -0.3 is 37.4 Å². The highest BCUT2D eigenvalue weighted by molar-refractivity contribution is 5.93. The minimum Gasteiger partial charge on any atom is -0.481 e. The van der Waals surface area contributed by atoms with E-state index in [1.807, 2.05) is 21.5 Å². The molecule has 0 aliphatic carbocycles. The van der Waals surface area contributed by atoms with E-state index in [9.17, 15) is 28.8 Å². The molecule has 15 heteroatoms. The van der Waals surface area contributed by atoms with Gasteiger partial charge in [-0.05, 0) is 6.42 Å². The molecule has 3 atom stereocenters. The van der Waals surface area contributed by atoms with Crippen LogP contribution < -0.4 is 33.0 Å². The van der Waals surface area contributed by atoms with Gasteiger partial charge in [-0.15, -0.1) is 0 Å². The summed E-state index contributed by atoms with van der Waals surface area (Å²) < 4.78 is 0. The van der Waals surface area contributed by atoms with E-state index < -0.39 is 79.7 Å². The van der Waals surface area contributed by atoms with Crippen molar-refractivity contribution in [2.75, 3.05) is 6.61 Å². The summed E-state index contributed by atoms with van der Waals surface area (Å²) in [5.74, 6) is -5.85. The highest BCUT2D eigenvalue weighted by Crippen LogP contribution is 1.99. The van der Waals surface area contributed by atoms with E-state index >= 15 is 0 Å². The van der Waals surface area contributed by atoms with E-state index in [4.69, 9.17) is 26.8 Å². The molecule has 0 radical (unpaired) electrons. The number of hydrazine groups is 1. The molecule has 0 aliphatic rings. The average Bonchev–Trinajstić information content (AvgIpc) is 2.60. The molecule has 0 bridgehead atoms. The SMILES string of the molecule is NC(=O)C[C@H](NC(=O)N[C@@H](CCC(=O)O)C(=O)O)C(=O)NNC(=O)[C@@H](N)CO. The zero-order valence-corrected chi connectivity index (χ0v) is 14.5. The fourth-order valence-corrected chi connectivity index (χ4v) is 1.68. The van der Waals surface area contributed by atoms with Gasteiger partial charge in [-0.25, -0.2) is 9.59 Å². The molecular formula is C13H22N6O9. The average molecular weight is 406 g/mol. The van der Waals surface area contributed by atoms with E-state index in [-0.39, 0.29) is 0 Å². The van der Waals surface area contributed by atoms with Crippen LogP contribution in [-0.4, -0.2) is 75.7 Å². The molecule has 0 heterocycles. The van der Waals surface area contributed by atoms with Gasteiger partial charge in [-0.2, -0.15) is 0 Å². The van der Waals surface area contributed by atoms with Gasteiger partial charge in [-0.3, -0.25) is 30.0 Å². The van der Waals surface area contributed by atoms with Crippen molar-refractivity contribution in [2.24, 2.45) is 11.5 Å². The second-order valence-corrected chi connectivity index (χ2v) is 5.43. The van der Waals surface area contributed by atoms with Crippen LogP contribution in [0.15, 0.2) is 0 Å². The fraction of sp³-hybridized carbons (Fsp3) is 0.538. The Bertz CT molecular complexity index is 626. The van der Waals surface area contributed by atoms with Crippen LogP contribution in [0, 0.1) is 0 Å². The molecule has 0 spiro atoms. The lowest BCUT2D eigenvalue weighted by atomic mass is 10.1. The molecule has 0 saturated carbocycles. The van der Waals surface area contributed by atoms with Crippen LogP contribution in [0.2, 0.25) is 0 Å². The van der Waals surface area contributed by atoms with Gasteiger partial charge in [0.1, 0.15) is 18.1 Å². The third-order valence-electron chi connectivity index (χ3n) is 3.12. The highest BCUT2D eigenvalue weighted by atomic mass is 16.4. The minimum absolute atomic E-state index is 0.431. The molecule has 5 amide bonds. The van der Waals surface area contributed by atoms with Gasteiger partial charge in [0, 0.05) is 6.42 Å². The molecule has 0 aromatic heterocycles. The zero-order chi connectivity index (χ0) is 21.9. The maximum absolute atomic E-state index is 12.0. The van der Waals surface area contributed by atoms with E-state index in [0.29, 0.717) is 0 Å². The van der Waals surface area contributed by atoms with Gasteiger partial charge in [0.15, 0.2) is 0 Å². The lowest BCUT2D eigenvalue weighted by molar-refractivity contribution is -0.140. The summed E-state index contributed by atoms with van der Waals surface area (Å²) in [5, 5.41) is 30.2. The van der Waals surface area contributed by atoms with Crippen molar-refractivity contribution in [1.29, 1.82) is 0 Å². The second-order valence-electron chi connectivity index (χ2n) is 5.43. The number of aliphatic carboxylic acids is 2. The zero-order valence-electron chi connectivity index (χ0n) is 14.5. The van der Waals surface area contributed by atoms with E-state index in [1.165, 1.54) is 0 Å². The van der Waals surface area contributed by atoms with Crippen LogP contribution >= 0.6 is 0 Å². The molecule has 0 aliphatic heterocycles. The van der Waals surface area contributed by atoms with Crippen molar-refractivity contribution in [3.8, 4) is 0 Å². The second kappa shape index (κ2) is 12.0. The summed E-state index contributed by atoms with van der Waals surface area (Å²) in [4.78, 5) is 67.9. The van der Waals surface area contributed by atoms with E-state index in [2.05, 4.69) is 0 Å². The predicted molar refractivity (Wildman–Crippen MR) is 88.9 cm³/mol. The normalized spacial score (nSPS) is 13.4. The maximum Gasteiger partial charge on any atom is 0.326 e. The molecule has 0 rings (SSSR count). The number of rotatable bonds is 11. The molecule has 15 nitrogen and oxygen atoms in total. The van der Waals surface area contributed by atoms with Crippen molar-refractivity contribution in [3.63, 3.8) is 0 Å². The number of carboxylic acid groups (broad SMARTS) is 2. The number of hydrogen-bond donors (Lipinski definition) is 9. The largest absolute Gasteiger partial charge is 0.481 e. The molecule has 0 aromatic carbocycles. The first-order chi connectivity index (χ1) is 13.0. The van der Waals surface area contributed by atoms with Crippen LogP contribution in [0.3, 0.4) is 0 Å². The molecule has 0 aromatic rings. The monoisotopic (exact) mass is 406 g/mol. The Balaban J connectivity index is 4.91. The highest BCUT2D eigenvalue weighted by Gasteiger charge is 2.27. The number of primary amides is 1. The Morgan fingerprint density at radius 2 is 1.43 bits per heavy atom. The first-order valence-corrected chi connectivity index (χ1v) is 7.74. The smallest absolute Gasteiger partial charge is 0.326 e. The Morgan fingerprint density at radius 1 is 0.893 bits per heavy atom. The summed E-state index contributed by atoms with van der Waals surface area (Å²) in [6.45, 7) is -0.708. The summed E-state index contributed by atoms with van der Waals surface area (Å²) in [6, 6.07) is -5.71. The van der Waals surface area contributed by atoms with Gasteiger partial charge in [0.2, 0.25) is 5.91 Å². The number of nitrogens with two attached hydrogens (primary N) is 2. The van der Waals surface area contributed by atoms with Crippen molar-refractivity contribution < 1.29 is 44.1 Å². The summed E-state index contributed by atoms with van der Waals surface area (Å²) in [5.41, 5.74) is 13.9. The molecule has 0 fully saturated rings. The number of carbonyl (C=O) groups excluding carboxylic acids is 4. The van der Waals surface area contributed by atoms with Gasteiger partial charge in [0.05, 0.1) is 13.0 Å². The van der Waals surface area contributed by atoms with Crippen LogP contribution in [-0.2, 0) is 24.0 Å². The number of aliphatic hydroxyl groups excluding tert-OH is 1. The minimum atomic E-state index is -1.60. The van der Waals surface area contributed by atoms with Crippen molar-refractivity contribution in [3.05, 3.63) is 0 Å². The molecular weight excluding hydrogens is 384 g/mol. The quantitative estimate of drug-likeness (QED) is 0.148. The molecule has 11 N–H and O–H groups in total. The Kier molecular flexibility index (Phi) is 10.5. The summed E-state index contributed by atoms with van der Waals surface area (Å²) >= 11 is 0. The number of carboxylic acids is 2. The first kappa shape index (κ1) is 24.5. The summed E-state index contributed by atoms with van der Waals surface area (Å²) in [7, 11) is 0. The first-order valence-electron chi connectivity index (χ1n) is 7.74. The molecule has 158 valence electrons. The van der Waals surface area contributed by atoms with Crippen molar-refractivity contribution in [2.45, 2.75) is 37.4 Å². The summed E-state index contributed by atoms with van der Waals surface area (Å²) in [6.07, 6.45) is -1.67. The molecule has 0 saturated heterocycles. The number of aliphatic hydroxyl groups is 1. The number of urea groups is 1. The predicted octanol–water partition coefficient (Wildman–Crippen LogP) is -4.69. The fourth-order valence-electron chi connectivity index (χ4n) is 1.68. The van der Waals surface area contributed by atoms with Crippen LogP contribution in [0.1, 0.15) is 19.3 Å². The van der Waals surface area contributed by atoms with Crippen LogP contribution in [0.25, 0.3) is 0 Å². The van der Waals surface area contributed by atoms with Crippen molar-refractivity contribution in [1.82, 2.24) is 21.5 Å². The number of nitrogens with one attached hydrogen (secondary N) is 4. The van der Waals surface area contributed by atoms with Crippen LogP contribution in [0.4, 0.5) is 4.79 Å². The number of carbonyl (C=O) groups is 6. The Labute approximate surface area is 157 Å². The standard InChI is InChI=1S/C13H22N6O9/c14-5(4-20)10(24)18-19-11(25)7(3-8(15)21)17-13(28)16-6(12(26)27)1-2-9(22)23/h5-7,20H,1-4,14H2,(H2,15,21)(H,18,24)(H,19,25)(H,22,23)(H,26,27)(H2,16,17,28)/t5-,6-,7-/m0/s1. The molecule has 0 unspecified atom stereocenters. The lowest BCUT2D eigenvalue weighted by Crippen LogP contribution is -2.58. The van der Waals surface area contributed by atoms with Gasteiger partial charge in [0.25, 0.3) is 11.8 Å². The van der Waals surface area contributed by atoms with Crippen LogP contribution in [0.5, 0.6) is 0 Å². The number of amides is 5. The lowest BCUT2D eigenvalue weighted by Gasteiger charge is -2.20.